The molecular formula is C20H27N3O3. The van der Waals surface area contributed by atoms with Crippen molar-refractivity contribution in [1.82, 2.24) is 15.5 Å². The van der Waals surface area contributed by atoms with E-state index in [2.05, 4.69) is 29.3 Å². The van der Waals surface area contributed by atoms with Gasteiger partial charge in [0.25, 0.3) is 0 Å². The molecule has 0 aliphatic heterocycles. The van der Waals surface area contributed by atoms with Gasteiger partial charge in [-0.1, -0.05) is 30.5 Å². The first-order chi connectivity index (χ1) is 12.5. The summed E-state index contributed by atoms with van der Waals surface area (Å²) in [6, 6.07) is 5.96. The van der Waals surface area contributed by atoms with Gasteiger partial charge in [0.15, 0.2) is 5.82 Å². The molecule has 1 amide bonds. The van der Waals surface area contributed by atoms with E-state index >= 15 is 0 Å². The van der Waals surface area contributed by atoms with Crippen molar-refractivity contribution in [3.05, 3.63) is 41.0 Å². The SMILES string of the molecule is Cc1nc(C2(NC(=O)CCOc3ccc(C)c(C)c3)CCCCC2)no1. The number of aryl methyl sites for hydroxylation is 3. The van der Waals surface area contributed by atoms with E-state index in [0.29, 0.717) is 24.7 Å². The maximum Gasteiger partial charge on any atom is 0.224 e. The molecule has 1 heterocycles. The number of carbonyl (C=O) groups excluding carboxylic acids is 1. The number of hydrogen-bond donors (Lipinski definition) is 1. The fourth-order valence-corrected chi connectivity index (χ4v) is 3.45. The molecule has 1 N–H and O–H groups in total. The zero-order valence-electron chi connectivity index (χ0n) is 15.8. The van der Waals surface area contributed by atoms with Crippen LogP contribution in [-0.4, -0.2) is 22.7 Å². The molecule has 3 rings (SSSR count). The molecular weight excluding hydrogens is 330 g/mol. The van der Waals surface area contributed by atoms with E-state index < -0.39 is 5.54 Å². The lowest BCUT2D eigenvalue weighted by molar-refractivity contribution is -0.124. The molecule has 2 aromatic rings. The Labute approximate surface area is 154 Å². The van der Waals surface area contributed by atoms with Crippen LogP contribution in [0, 0.1) is 20.8 Å². The van der Waals surface area contributed by atoms with Crippen molar-refractivity contribution in [1.29, 1.82) is 0 Å². The second-order valence-corrected chi connectivity index (χ2v) is 7.17. The van der Waals surface area contributed by atoms with E-state index in [1.54, 1.807) is 6.92 Å². The highest BCUT2D eigenvalue weighted by Gasteiger charge is 2.39. The quantitative estimate of drug-likeness (QED) is 0.852. The molecule has 0 unspecified atom stereocenters. The molecule has 0 saturated heterocycles. The lowest BCUT2D eigenvalue weighted by Crippen LogP contribution is -2.48. The maximum atomic E-state index is 12.5. The Bertz CT molecular complexity index is 763. The lowest BCUT2D eigenvalue weighted by Gasteiger charge is -2.35. The third-order valence-electron chi connectivity index (χ3n) is 5.12. The summed E-state index contributed by atoms with van der Waals surface area (Å²) in [4.78, 5) is 16.9. The lowest BCUT2D eigenvalue weighted by atomic mass is 9.81. The smallest absolute Gasteiger partial charge is 0.224 e. The number of hydrogen-bond acceptors (Lipinski definition) is 5. The van der Waals surface area contributed by atoms with Crippen LogP contribution in [0.25, 0.3) is 0 Å². The van der Waals surface area contributed by atoms with Crippen molar-refractivity contribution in [2.75, 3.05) is 6.61 Å². The zero-order valence-corrected chi connectivity index (χ0v) is 15.8. The minimum absolute atomic E-state index is 0.0433. The van der Waals surface area contributed by atoms with Gasteiger partial charge in [-0.2, -0.15) is 4.98 Å². The first-order valence-electron chi connectivity index (χ1n) is 9.30. The topological polar surface area (TPSA) is 77.2 Å². The van der Waals surface area contributed by atoms with Gasteiger partial charge in [0.05, 0.1) is 13.0 Å². The molecule has 0 bridgehead atoms. The number of rotatable bonds is 6. The number of nitrogens with one attached hydrogen (secondary N) is 1. The van der Waals surface area contributed by atoms with Gasteiger partial charge in [0.1, 0.15) is 11.3 Å². The molecule has 1 aliphatic rings. The highest BCUT2D eigenvalue weighted by molar-refractivity contribution is 5.77. The van der Waals surface area contributed by atoms with Crippen molar-refractivity contribution < 1.29 is 14.1 Å². The third-order valence-corrected chi connectivity index (χ3v) is 5.12. The van der Waals surface area contributed by atoms with E-state index in [9.17, 15) is 4.79 Å². The minimum atomic E-state index is -0.506. The van der Waals surface area contributed by atoms with Crippen LogP contribution in [0.5, 0.6) is 5.75 Å². The van der Waals surface area contributed by atoms with Gasteiger partial charge in [-0.15, -0.1) is 0 Å². The molecule has 0 atom stereocenters. The van der Waals surface area contributed by atoms with Crippen LogP contribution in [0.1, 0.15) is 61.4 Å². The van der Waals surface area contributed by atoms with Gasteiger partial charge in [0, 0.05) is 6.92 Å². The second-order valence-electron chi connectivity index (χ2n) is 7.17. The Morgan fingerprint density at radius 1 is 1.19 bits per heavy atom. The standard InChI is InChI=1S/C20H27N3O3/c1-14-7-8-17(13-15(14)2)25-12-9-18(24)22-20(10-5-4-6-11-20)19-21-16(3)26-23-19/h7-8,13H,4-6,9-12H2,1-3H3,(H,22,24). The van der Waals surface area contributed by atoms with Crippen molar-refractivity contribution >= 4 is 5.91 Å². The van der Waals surface area contributed by atoms with Crippen LogP contribution >= 0.6 is 0 Å². The van der Waals surface area contributed by atoms with E-state index in [4.69, 9.17) is 9.26 Å². The summed E-state index contributed by atoms with van der Waals surface area (Å²) in [6.07, 6.45) is 5.25. The molecule has 1 aliphatic carbocycles. The van der Waals surface area contributed by atoms with Gasteiger partial charge >= 0.3 is 0 Å². The van der Waals surface area contributed by atoms with Gasteiger partial charge in [-0.25, -0.2) is 0 Å². The number of benzene rings is 1. The first kappa shape index (κ1) is 18.4. The fourth-order valence-electron chi connectivity index (χ4n) is 3.45. The Morgan fingerprint density at radius 3 is 2.62 bits per heavy atom. The molecule has 6 heteroatoms. The van der Waals surface area contributed by atoms with Crippen LogP contribution < -0.4 is 10.1 Å². The third kappa shape index (κ3) is 4.23. The minimum Gasteiger partial charge on any atom is -0.493 e. The highest BCUT2D eigenvalue weighted by Crippen LogP contribution is 2.35. The summed E-state index contributed by atoms with van der Waals surface area (Å²) in [5.41, 5.74) is 1.90. The number of carbonyl (C=O) groups is 1. The Balaban J connectivity index is 1.58. The van der Waals surface area contributed by atoms with Crippen LogP contribution in [-0.2, 0) is 10.3 Å². The van der Waals surface area contributed by atoms with Crippen molar-refractivity contribution in [3.63, 3.8) is 0 Å². The van der Waals surface area contributed by atoms with Crippen LogP contribution in [0.4, 0.5) is 0 Å². The van der Waals surface area contributed by atoms with Gasteiger partial charge in [0.2, 0.25) is 11.8 Å². The van der Waals surface area contributed by atoms with Crippen LogP contribution in [0.15, 0.2) is 22.7 Å². The van der Waals surface area contributed by atoms with E-state index in [-0.39, 0.29) is 5.91 Å². The fraction of sp³-hybridized carbons (Fsp3) is 0.550. The van der Waals surface area contributed by atoms with Gasteiger partial charge in [-0.3, -0.25) is 4.79 Å². The molecule has 26 heavy (non-hydrogen) atoms. The summed E-state index contributed by atoms with van der Waals surface area (Å²) in [5, 5.41) is 7.24. The van der Waals surface area contributed by atoms with Crippen LogP contribution in [0.2, 0.25) is 0 Å². The molecule has 1 fully saturated rings. The normalized spacial score (nSPS) is 16.3. The average Bonchev–Trinajstić information content (AvgIpc) is 3.06. The maximum absolute atomic E-state index is 12.5. The number of ether oxygens (including phenoxy) is 1. The van der Waals surface area contributed by atoms with E-state index in [0.717, 1.165) is 31.4 Å². The Kier molecular flexibility index (Phi) is 5.59. The summed E-state index contributed by atoms with van der Waals surface area (Å²) in [7, 11) is 0. The zero-order chi connectivity index (χ0) is 18.6. The predicted octanol–water partition coefficient (Wildman–Crippen LogP) is 3.74. The van der Waals surface area contributed by atoms with Crippen molar-refractivity contribution in [2.24, 2.45) is 0 Å². The molecule has 1 aromatic carbocycles. The van der Waals surface area contributed by atoms with E-state index in [1.807, 2.05) is 18.2 Å². The average molecular weight is 357 g/mol. The molecule has 6 nitrogen and oxygen atoms in total. The van der Waals surface area contributed by atoms with Gasteiger partial charge < -0.3 is 14.6 Å². The number of amides is 1. The second kappa shape index (κ2) is 7.89. The Hall–Kier alpha value is -2.37. The number of aromatic nitrogens is 2. The van der Waals surface area contributed by atoms with Gasteiger partial charge in [-0.05, 0) is 49.9 Å². The Morgan fingerprint density at radius 2 is 1.96 bits per heavy atom. The number of nitrogens with zero attached hydrogens (tertiary/aromatic N) is 2. The molecule has 0 radical (unpaired) electrons. The summed E-state index contributed by atoms with van der Waals surface area (Å²) in [6.45, 7) is 6.23. The summed E-state index contributed by atoms with van der Waals surface area (Å²) in [5.74, 6) is 1.87. The molecule has 1 aromatic heterocycles. The first-order valence-corrected chi connectivity index (χ1v) is 9.30. The largest absolute Gasteiger partial charge is 0.493 e. The molecule has 0 spiro atoms. The van der Waals surface area contributed by atoms with Crippen molar-refractivity contribution in [2.45, 2.75) is 64.8 Å². The predicted molar refractivity (Wildman–Crippen MR) is 98.0 cm³/mol. The van der Waals surface area contributed by atoms with Crippen molar-refractivity contribution in [3.8, 4) is 5.75 Å². The monoisotopic (exact) mass is 357 g/mol. The summed E-state index contributed by atoms with van der Waals surface area (Å²) < 4.78 is 10.9. The van der Waals surface area contributed by atoms with E-state index in [1.165, 1.54) is 17.5 Å². The molecule has 140 valence electrons. The summed E-state index contributed by atoms with van der Waals surface area (Å²) >= 11 is 0. The molecule has 1 saturated carbocycles. The highest BCUT2D eigenvalue weighted by atomic mass is 16.5. The van der Waals surface area contributed by atoms with Crippen LogP contribution in [0.3, 0.4) is 0 Å².